The molecular formula is C24H31BrN2O4. The molecule has 0 heterocycles. The van der Waals surface area contributed by atoms with E-state index in [4.69, 9.17) is 14.2 Å². The molecule has 7 heteroatoms. The Morgan fingerprint density at radius 3 is 2.45 bits per heavy atom. The molecule has 6 nitrogen and oxygen atoms in total. The molecule has 0 bridgehead atoms. The minimum absolute atomic E-state index is 0.326. The molecule has 0 aliphatic heterocycles. The fourth-order valence-electron chi connectivity index (χ4n) is 3.05. The molecule has 0 fully saturated rings. The molecule has 2 aromatic rings. The second kappa shape index (κ2) is 12.5. The van der Waals surface area contributed by atoms with Crippen molar-refractivity contribution in [1.82, 2.24) is 5.43 Å². The van der Waals surface area contributed by atoms with E-state index in [1.165, 1.54) is 5.56 Å². The summed E-state index contributed by atoms with van der Waals surface area (Å²) in [4.78, 5) is 12.7. The normalized spacial score (nSPS) is 12.2. The van der Waals surface area contributed by atoms with Crippen molar-refractivity contribution in [2.24, 2.45) is 11.0 Å². The Bertz CT molecular complexity index is 882. The van der Waals surface area contributed by atoms with E-state index in [0.29, 0.717) is 24.0 Å². The quantitative estimate of drug-likeness (QED) is 0.343. The predicted molar refractivity (Wildman–Crippen MR) is 127 cm³/mol. The van der Waals surface area contributed by atoms with Gasteiger partial charge >= 0.3 is 0 Å². The highest BCUT2D eigenvalue weighted by Crippen LogP contribution is 2.35. The lowest BCUT2D eigenvalue weighted by molar-refractivity contribution is -0.132. The number of hydrogen-bond acceptors (Lipinski definition) is 5. The number of nitrogens with zero attached hydrogens (tertiary/aromatic N) is 1. The van der Waals surface area contributed by atoms with Gasteiger partial charge in [-0.1, -0.05) is 38.1 Å². The van der Waals surface area contributed by atoms with Gasteiger partial charge in [0.05, 0.1) is 24.9 Å². The molecule has 2 rings (SSSR count). The molecule has 0 aromatic heterocycles. The number of carbonyl (C=O) groups is 1. The molecule has 0 aliphatic rings. The van der Waals surface area contributed by atoms with Gasteiger partial charge in [0.15, 0.2) is 17.6 Å². The fourth-order valence-corrected chi connectivity index (χ4v) is 3.67. The number of hydrogen-bond donors (Lipinski definition) is 1. The zero-order valence-electron chi connectivity index (χ0n) is 18.8. The van der Waals surface area contributed by atoms with Crippen LogP contribution in [0.3, 0.4) is 0 Å². The van der Waals surface area contributed by atoms with Crippen LogP contribution in [0.2, 0.25) is 0 Å². The molecule has 0 aliphatic carbocycles. The summed E-state index contributed by atoms with van der Waals surface area (Å²) in [5.74, 6) is 1.49. The van der Waals surface area contributed by atoms with Crippen LogP contribution in [0, 0.1) is 5.92 Å². The van der Waals surface area contributed by atoms with Crippen molar-refractivity contribution in [3.8, 4) is 11.5 Å². The molecule has 168 valence electrons. The first-order valence-electron chi connectivity index (χ1n) is 10.3. The number of rotatable bonds is 11. The van der Waals surface area contributed by atoms with Crippen LogP contribution in [0.1, 0.15) is 50.0 Å². The third-order valence-corrected chi connectivity index (χ3v) is 5.30. The van der Waals surface area contributed by atoms with E-state index in [-0.39, 0.29) is 5.91 Å². The Morgan fingerprint density at radius 2 is 1.87 bits per heavy atom. The summed E-state index contributed by atoms with van der Waals surface area (Å²) in [5, 5.41) is 4.09. The Labute approximate surface area is 193 Å². The van der Waals surface area contributed by atoms with Crippen molar-refractivity contribution < 1.29 is 19.0 Å². The van der Waals surface area contributed by atoms with Crippen LogP contribution in [-0.4, -0.2) is 32.9 Å². The van der Waals surface area contributed by atoms with Gasteiger partial charge in [0, 0.05) is 6.61 Å². The van der Waals surface area contributed by atoms with Crippen LogP contribution in [0.4, 0.5) is 0 Å². The van der Waals surface area contributed by atoms with E-state index in [2.05, 4.69) is 52.4 Å². The van der Waals surface area contributed by atoms with Gasteiger partial charge in [0.1, 0.15) is 0 Å². The SMILES string of the molecule is CCOC(C(=O)N/N=C/c1cc(Br)c(OC)c(OC)c1)c1ccc(CCC(C)C)cc1. The monoisotopic (exact) mass is 490 g/mol. The molecule has 1 N–H and O–H groups in total. The van der Waals surface area contributed by atoms with Crippen LogP contribution in [0.15, 0.2) is 46.0 Å². The number of hydrazone groups is 1. The van der Waals surface area contributed by atoms with Crippen molar-refractivity contribution in [2.75, 3.05) is 20.8 Å². The summed E-state index contributed by atoms with van der Waals surface area (Å²) in [7, 11) is 3.13. The highest BCUT2D eigenvalue weighted by Gasteiger charge is 2.20. The first kappa shape index (κ1) is 24.9. The van der Waals surface area contributed by atoms with Crippen LogP contribution in [0.5, 0.6) is 11.5 Å². The maximum absolute atomic E-state index is 12.7. The second-order valence-electron chi connectivity index (χ2n) is 7.48. The van der Waals surface area contributed by atoms with Crippen molar-refractivity contribution in [3.63, 3.8) is 0 Å². The van der Waals surface area contributed by atoms with Gasteiger partial charge in [0.25, 0.3) is 5.91 Å². The van der Waals surface area contributed by atoms with E-state index < -0.39 is 6.10 Å². The first-order chi connectivity index (χ1) is 14.9. The Morgan fingerprint density at radius 1 is 1.16 bits per heavy atom. The van der Waals surface area contributed by atoms with Gasteiger partial charge in [-0.05, 0) is 70.4 Å². The largest absolute Gasteiger partial charge is 0.493 e. The van der Waals surface area contributed by atoms with Gasteiger partial charge in [-0.2, -0.15) is 5.10 Å². The lowest BCUT2D eigenvalue weighted by atomic mass is 10.0. The molecule has 1 unspecified atom stereocenters. The minimum Gasteiger partial charge on any atom is -0.493 e. The van der Waals surface area contributed by atoms with Crippen molar-refractivity contribution in [1.29, 1.82) is 0 Å². The minimum atomic E-state index is -0.724. The fraction of sp³-hybridized carbons (Fsp3) is 0.417. The number of nitrogens with one attached hydrogen (secondary N) is 1. The van der Waals surface area contributed by atoms with Crippen molar-refractivity contribution >= 4 is 28.1 Å². The topological polar surface area (TPSA) is 69.2 Å². The lowest BCUT2D eigenvalue weighted by Crippen LogP contribution is -2.27. The number of carbonyl (C=O) groups excluding carboxylic acids is 1. The number of amides is 1. The molecule has 0 radical (unpaired) electrons. The van der Waals surface area contributed by atoms with Crippen LogP contribution >= 0.6 is 15.9 Å². The molecule has 0 saturated carbocycles. The molecule has 1 amide bonds. The zero-order valence-corrected chi connectivity index (χ0v) is 20.4. The first-order valence-corrected chi connectivity index (χ1v) is 11.1. The van der Waals surface area contributed by atoms with E-state index in [9.17, 15) is 4.79 Å². The third-order valence-electron chi connectivity index (χ3n) is 4.71. The maximum Gasteiger partial charge on any atom is 0.273 e. The van der Waals surface area contributed by atoms with Crippen molar-refractivity contribution in [3.05, 3.63) is 57.6 Å². The second-order valence-corrected chi connectivity index (χ2v) is 8.34. The Balaban J connectivity index is 2.08. The Kier molecular flexibility index (Phi) is 10.0. The number of aryl methyl sites for hydroxylation is 1. The van der Waals surface area contributed by atoms with Crippen molar-refractivity contribution in [2.45, 2.75) is 39.7 Å². The Hall–Kier alpha value is -2.38. The van der Waals surface area contributed by atoms with Gasteiger partial charge < -0.3 is 14.2 Å². The van der Waals surface area contributed by atoms with Gasteiger partial charge in [-0.25, -0.2) is 5.43 Å². The maximum atomic E-state index is 12.7. The van der Waals surface area contributed by atoms with E-state index in [1.54, 1.807) is 26.5 Å². The summed E-state index contributed by atoms with van der Waals surface area (Å²) < 4.78 is 17.0. The van der Waals surface area contributed by atoms with Gasteiger partial charge in [-0.3, -0.25) is 4.79 Å². The predicted octanol–water partition coefficient (Wildman–Crippen LogP) is 5.28. The number of halogens is 1. The number of benzene rings is 2. The van der Waals surface area contributed by atoms with Crippen LogP contribution in [0.25, 0.3) is 0 Å². The number of ether oxygens (including phenoxy) is 3. The third kappa shape index (κ3) is 7.36. The lowest BCUT2D eigenvalue weighted by Gasteiger charge is -2.16. The zero-order chi connectivity index (χ0) is 22.8. The van der Waals surface area contributed by atoms with E-state index >= 15 is 0 Å². The number of methoxy groups -OCH3 is 2. The van der Waals surface area contributed by atoms with Gasteiger partial charge in [-0.15, -0.1) is 0 Å². The van der Waals surface area contributed by atoms with Gasteiger partial charge in [0.2, 0.25) is 0 Å². The van der Waals surface area contributed by atoms with E-state index in [0.717, 1.165) is 28.4 Å². The molecule has 1 atom stereocenters. The highest BCUT2D eigenvalue weighted by atomic mass is 79.9. The summed E-state index contributed by atoms with van der Waals surface area (Å²) >= 11 is 3.44. The summed E-state index contributed by atoms with van der Waals surface area (Å²) in [6.07, 6.45) is 2.98. The van der Waals surface area contributed by atoms with Crippen LogP contribution in [-0.2, 0) is 16.0 Å². The smallest absolute Gasteiger partial charge is 0.273 e. The summed E-state index contributed by atoms with van der Waals surface area (Å²) in [5.41, 5.74) is 5.37. The molecule has 0 saturated heterocycles. The molecule has 2 aromatic carbocycles. The summed E-state index contributed by atoms with van der Waals surface area (Å²) in [6, 6.07) is 11.6. The van der Waals surface area contributed by atoms with Crippen LogP contribution < -0.4 is 14.9 Å². The average Bonchev–Trinajstić information content (AvgIpc) is 2.76. The standard InChI is InChI=1S/C24H31BrN2O4/c1-6-31-22(19-11-9-17(10-12-19)8-7-16(2)3)24(28)27-26-15-18-13-20(25)23(30-5)21(14-18)29-4/h9-16,22H,6-8H2,1-5H3,(H,27,28)/b26-15+. The average molecular weight is 491 g/mol. The van der Waals surface area contributed by atoms with E-state index in [1.807, 2.05) is 25.1 Å². The molecular weight excluding hydrogens is 460 g/mol. The molecule has 0 spiro atoms. The molecule has 31 heavy (non-hydrogen) atoms. The highest BCUT2D eigenvalue weighted by molar-refractivity contribution is 9.10. The summed E-state index contributed by atoms with van der Waals surface area (Å²) in [6.45, 7) is 6.71.